The van der Waals surface area contributed by atoms with Gasteiger partial charge in [0.2, 0.25) is 0 Å². The number of rotatable bonds is 4. The van der Waals surface area contributed by atoms with Crippen LogP contribution in [0.15, 0.2) is 22.7 Å². The summed E-state index contributed by atoms with van der Waals surface area (Å²) < 4.78 is 6.22. The second-order valence-corrected chi connectivity index (χ2v) is 4.16. The van der Waals surface area contributed by atoms with Crippen LogP contribution in [0.2, 0.25) is 0 Å². The number of halogens is 1. The van der Waals surface area contributed by atoms with Crippen LogP contribution < -0.4 is 4.74 Å². The molecule has 1 aromatic rings. The van der Waals surface area contributed by atoms with Gasteiger partial charge < -0.3 is 9.84 Å². The van der Waals surface area contributed by atoms with Gasteiger partial charge in [0.15, 0.2) is 0 Å². The molecule has 14 heavy (non-hydrogen) atoms. The molecule has 1 rings (SSSR count). The third-order valence-electron chi connectivity index (χ3n) is 2.30. The molecule has 1 N–H and O–H groups in total. The van der Waals surface area contributed by atoms with Crippen molar-refractivity contribution in [1.29, 1.82) is 0 Å². The first kappa shape index (κ1) is 11.5. The van der Waals surface area contributed by atoms with E-state index < -0.39 is 0 Å². The van der Waals surface area contributed by atoms with E-state index in [9.17, 15) is 0 Å². The van der Waals surface area contributed by atoms with Gasteiger partial charge in [0.25, 0.3) is 0 Å². The molecule has 0 fully saturated rings. The van der Waals surface area contributed by atoms with Crippen LogP contribution in [0.25, 0.3) is 0 Å². The summed E-state index contributed by atoms with van der Waals surface area (Å²) >= 11 is 3.49. The van der Waals surface area contributed by atoms with Crippen molar-refractivity contribution in [3.63, 3.8) is 0 Å². The highest BCUT2D eigenvalue weighted by Gasteiger charge is 2.09. The van der Waals surface area contributed by atoms with E-state index in [2.05, 4.69) is 22.9 Å². The molecule has 0 aliphatic heterocycles. The van der Waals surface area contributed by atoms with Crippen LogP contribution >= 0.6 is 15.9 Å². The molecule has 1 aromatic carbocycles. The van der Waals surface area contributed by atoms with E-state index in [-0.39, 0.29) is 6.61 Å². The van der Waals surface area contributed by atoms with E-state index in [0.717, 1.165) is 16.6 Å². The van der Waals surface area contributed by atoms with E-state index in [4.69, 9.17) is 9.84 Å². The number of methoxy groups -OCH3 is 1. The Kier molecular flexibility index (Phi) is 4.42. The number of hydrogen-bond donors (Lipinski definition) is 1. The highest BCUT2D eigenvalue weighted by molar-refractivity contribution is 9.10. The Morgan fingerprint density at radius 1 is 1.50 bits per heavy atom. The smallest absolute Gasteiger partial charge is 0.119 e. The molecule has 0 amide bonds. The first-order chi connectivity index (χ1) is 6.69. The van der Waals surface area contributed by atoms with E-state index in [1.54, 1.807) is 7.11 Å². The predicted octanol–water partition coefficient (Wildman–Crippen LogP) is 2.94. The summed E-state index contributed by atoms with van der Waals surface area (Å²) in [7, 11) is 1.66. The van der Waals surface area contributed by atoms with Crippen LogP contribution in [0.5, 0.6) is 5.75 Å². The molecule has 78 valence electrons. The second kappa shape index (κ2) is 5.37. The summed E-state index contributed by atoms with van der Waals surface area (Å²) in [4.78, 5) is 0. The minimum absolute atomic E-state index is 0.213. The van der Waals surface area contributed by atoms with Crippen molar-refractivity contribution in [3.8, 4) is 5.75 Å². The quantitative estimate of drug-likeness (QED) is 0.900. The molecule has 1 atom stereocenters. The number of aliphatic hydroxyl groups excluding tert-OH is 1. The minimum Gasteiger partial charge on any atom is -0.497 e. The lowest BCUT2D eigenvalue weighted by Crippen LogP contribution is -1.98. The normalized spacial score (nSPS) is 12.6. The number of aliphatic hydroxyl groups is 1. The molecule has 2 nitrogen and oxygen atoms in total. The molecule has 0 heterocycles. The van der Waals surface area contributed by atoms with E-state index in [1.807, 2.05) is 18.2 Å². The van der Waals surface area contributed by atoms with Gasteiger partial charge in [0, 0.05) is 11.1 Å². The Morgan fingerprint density at radius 2 is 2.21 bits per heavy atom. The van der Waals surface area contributed by atoms with Crippen molar-refractivity contribution in [1.82, 2.24) is 0 Å². The van der Waals surface area contributed by atoms with Gasteiger partial charge in [-0.3, -0.25) is 0 Å². The average Bonchev–Trinajstić information content (AvgIpc) is 2.19. The highest BCUT2D eigenvalue weighted by atomic mass is 79.9. The fourth-order valence-corrected chi connectivity index (χ4v) is 2.01. The molecule has 0 aliphatic rings. The summed E-state index contributed by atoms with van der Waals surface area (Å²) in [5.74, 6) is 1.19. The Hall–Kier alpha value is -0.540. The second-order valence-electron chi connectivity index (χ2n) is 3.30. The van der Waals surface area contributed by atoms with Crippen molar-refractivity contribution in [2.24, 2.45) is 0 Å². The van der Waals surface area contributed by atoms with Crippen LogP contribution in [0, 0.1) is 0 Å². The van der Waals surface area contributed by atoms with Gasteiger partial charge in [-0.05, 0) is 36.1 Å². The lowest BCUT2D eigenvalue weighted by molar-refractivity contribution is 0.278. The summed E-state index contributed by atoms with van der Waals surface area (Å²) in [5, 5.41) is 8.87. The predicted molar refractivity (Wildman–Crippen MR) is 60.8 cm³/mol. The van der Waals surface area contributed by atoms with Crippen LogP contribution in [0.3, 0.4) is 0 Å². The molecule has 0 bridgehead atoms. The first-order valence-electron chi connectivity index (χ1n) is 4.63. The van der Waals surface area contributed by atoms with Crippen molar-refractivity contribution in [2.75, 3.05) is 13.7 Å². The summed E-state index contributed by atoms with van der Waals surface area (Å²) in [6.45, 7) is 2.31. The number of hydrogen-bond acceptors (Lipinski definition) is 2. The molecule has 3 heteroatoms. The fraction of sp³-hybridized carbons (Fsp3) is 0.455. The maximum Gasteiger partial charge on any atom is 0.119 e. The minimum atomic E-state index is 0.213. The van der Waals surface area contributed by atoms with Crippen LogP contribution in [-0.2, 0) is 0 Å². The van der Waals surface area contributed by atoms with Crippen molar-refractivity contribution >= 4 is 15.9 Å². The molecular formula is C11H15BrO2. The summed E-state index contributed by atoms with van der Waals surface area (Å²) in [5.41, 5.74) is 1.18. The first-order valence-corrected chi connectivity index (χ1v) is 5.42. The maximum absolute atomic E-state index is 8.87. The Balaban J connectivity index is 2.93. The van der Waals surface area contributed by atoms with Crippen LogP contribution in [0.4, 0.5) is 0 Å². The van der Waals surface area contributed by atoms with Gasteiger partial charge in [0.05, 0.1) is 7.11 Å². The molecule has 0 saturated carbocycles. The molecule has 0 aliphatic carbocycles. The van der Waals surface area contributed by atoms with Gasteiger partial charge >= 0.3 is 0 Å². The lowest BCUT2D eigenvalue weighted by atomic mass is 9.98. The molecule has 0 aromatic heterocycles. The Morgan fingerprint density at radius 3 is 2.79 bits per heavy atom. The Labute approximate surface area is 93.0 Å². The van der Waals surface area contributed by atoms with Gasteiger partial charge in [-0.15, -0.1) is 0 Å². The monoisotopic (exact) mass is 258 g/mol. The fourth-order valence-electron chi connectivity index (χ4n) is 1.38. The molecule has 0 saturated heterocycles. The summed E-state index contributed by atoms with van der Waals surface area (Å²) in [6, 6.07) is 5.89. The molecule has 0 spiro atoms. The zero-order chi connectivity index (χ0) is 10.6. The van der Waals surface area contributed by atoms with E-state index >= 15 is 0 Å². The van der Waals surface area contributed by atoms with Gasteiger partial charge in [-0.2, -0.15) is 0 Å². The van der Waals surface area contributed by atoms with Crippen molar-refractivity contribution in [3.05, 3.63) is 28.2 Å². The largest absolute Gasteiger partial charge is 0.497 e. The standard InChI is InChI=1S/C11H15BrO2/c1-8(5-6-13)10-7-9(14-2)3-4-11(10)12/h3-4,7-8,13H,5-6H2,1-2H3. The number of ether oxygens (including phenoxy) is 1. The zero-order valence-corrected chi connectivity index (χ0v) is 10.0. The molecular weight excluding hydrogens is 244 g/mol. The van der Waals surface area contributed by atoms with Crippen molar-refractivity contribution < 1.29 is 9.84 Å². The molecule has 0 radical (unpaired) electrons. The van der Waals surface area contributed by atoms with Crippen LogP contribution in [0.1, 0.15) is 24.8 Å². The Bertz CT molecular complexity index is 299. The maximum atomic E-state index is 8.87. The number of benzene rings is 1. The van der Waals surface area contributed by atoms with Gasteiger partial charge in [0.1, 0.15) is 5.75 Å². The van der Waals surface area contributed by atoms with Crippen LogP contribution in [-0.4, -0.2) is 18.8 Å². The average molecular weight is 259 g/mol. The zero-order valence-electron chi connectivity index (χ0n) is 8.46. The van der Waals surface area contributed by atoms with Gasteiger partial charge in [-0.1, -0.05) is 22.9 Å². The third-order valence-corrected chi connectivity index (χ3v) is 3.02. The summed E-state index contributed by atoms with van der Waals surface area (Å²) in [6.07, 6.45) is 0.770. The van der Waals surface area contributed by atoms with Gasteiger partial charge in [-0.25, -0.2) is 0 Å². The lowest BCUT2D eigenvalue weighted by Gasteiger charge is -2.13. The van der Waals surface area contributed by atoms with E-state index in [0.29, 0.717) is 5.92 Å². The SMILES string of the molecule is COc1ccc(Br)c(C(C)CCO)c1. The molecule has 1 unspecified atom stereocenters. The van der Waals surface area contributed by atoms with E-state index in [1.165, 1.54) is 5.56 Å². The van der Waals surface area contributed by atoms with Crippen molar-refractivity contribution in [2.45, 2.75) is 19.3 Å². The topological polar surface area (TPSA) is 29.5 Å². The highest BCUT2D eigenvalue weighted by Crippen LogP contribution is 2.30. The third kappa shape index (κ3) is 2.72.